The van der Waals surface area contributed by atoms with Gasteiger partial charge in [0.25, 0.3) is 0 Å². The number of aryl methyl sites for hydroxylation is 1. The second-order valence-corrected chi connectivity index (χ2v) is 4.90. The Bertz CT molecular complexity index is 372. The van der Waals surface area contributed by atoms with Crippen LogP contribution in [0, 0.1) is 0 Å². The van der Waals surface area contributed by atoms with Gasteiger partial charge in [0.15, 0.2) is 0 Å². The van der Waals surface area contributed by atoms with Gasteiger partial charge in [0.2, 0.25) is 0 Å². The third-order valence-corrected chi connectivity index (χ3v) is 3.22. The van der Waals surface area contributed by atoms with E-state index in [1.807, 2.05) is 0 Å². The van der Waals surface area contributed by atoms with Gasteiger partial charge in [-0.2, -0.15) is 0 Å². The van der Waals surface area contributed by atoms with E-state index in [4.69, 9.17) is 0 Å². The molecule has 0 amide bonds. The number of nitrogens with one attached hydrogen (secondary N) is 1. The maximum Gasteiger partial charge on any atom is 0.134 e. The third kappa shape index (κ3) is 3.34. The first-order chi connectivity index (χ1) is 8.83. The van der Waals surface area contributed by atoms with Crippen LogP contribution in [0.4, 0.5) is 11.6 Å². The highest BCUT2D eigenvalue weighted by Gasteiger charge is 2.15. The Hall–Kier alpha value is -1.32. The van der Waals surface area contributed by atoms with Crippen molar-refractivity contribution in [2.45, 2.75) is 46.0 Å². The fraction of sp³-hybridized carbons (Fsp3) is 0.714. The van der Waals surface area contributed by atoms with Gasteiger partial charge in [-0.1, -0.05) is 13.8 Å². The lowest BCUT2D eigenvalue weighted by atomic mass is 10.3. The molecule has 4 heteroatoms. The van der Waals surface area contributed by atoms with Crippen molar-refractivity contribution in [3.63, 3.8) is 0 Å². The Balaban J connectivity index is 2.17. The van der Waals surface area contributed by atoms with Crippen molar-refractivity contribution in [3.05, 3.63) is 11.9 Å². The molecule has 4 nitrogen and oxygen atoms in total. The minimum atomic E-state index is 0.961. The summed E-state index contributed by atoms with van der Waals surface area (Å²) < 4.78 is 0. The van der Waals surface area contributed by atoms with E-state index in [-0.39, 0.29) is 0 Å². The number of anilines is 2. The van der Waals surface area contributed by atoms with E-state index in [9.17, 15) is 0 Å². The summed E-state index contributed by atoms with van der Waals surface area (Å²) in [7, 11) is 0. The molecular weight excluding hydrogens is 224 g/mol. The molecule has 0 aliphatic carbocycles. The molecule has 0 spiro atoms. The fourth-order valence-corrected chi connectivity index (χ4v) is 2.27. The topological polar surface area (TPSA) is 41.0 Å². The van der Waals surface area contributed by atoms with E-state index in [0.29, 0.717) is 0 Å². The first-order valence-electron chi connectivity index (χ1n) is 7.20. The van der Waals surface area contributed by atoms with E-state index in [0.717, 1.165) is 56.4 Å². The summed E-state index contributed by atoms with van der Waals surface area (Å²) in [6, 6.07) is 2.10. The Kier molecular flexibility index (Phi) is 4.79. The molecule has 1 aromatic rings. The van der Waals surface area contributed by atoms with E-state index >= 15 is 0 Å². The molecule has 2 rings (SSSR count). The minimum Gasteiger partial charge on any atom is -0.370 e. The lowest BCUT2D eigenvalue weighted by Gasteiger charge is -2.18. The minimum absolute atomic E-state index is 0.961. The SMILES string of the molecule is CCCNc1cc(N2CCCC2)nc(CCC)n1. The van der Waals surface area contributed by atoms with Crippen LogP contribution in [0.15, 0.2) is 6.07 Å². The van der Waals surface area contributed by atoms with Crippen LogP contribution >= 0.6 is 0 Å². The zero-order valence-corrected chi connectivity index (χ0v) is 11.6. The Morgan fingerprint density at radius 1 is 1.17 bits per heavy atom. The number of hydrogen-bond donors (Lipinski definition) is 1. The Labute approximate surface area is 110 Å². The van der Waals surface area contributed by atoms with Gasteiger partial charge in [0.05, 0.1) is 0 Å². The predicted molar refractivity (Wildman–Crippen MR) is 76.3 cm³/mol. The summed E-state index contributed by atoms with van der Waals surface area (Å²) in [4.78, 5) is 11.6. The highest BCUT2D eigenvalue weighted by molar-refractivity contribution is 5.50. The highest BCUT2D eigenvalue weighted by atomic mass is 15.2. The first-order valence-corrected chi connectivity index (χ1v) is 7.20. The Morgan fingerprint density at radius 3 is 2.61 bits per heavy atom. The van der Waals surface area contributed by atoms with Crippen molar-refractivity contribution in [2.75, 3.05) is 29.9 Å². The molecule has 18 heavy (non-hydrogen) atoms. The van der Waals surface area contributed by atoms with Gasteiger partial charge in [0.1, 0.15) is 17.5 Å². The summed E-state index contributed by atoms with van der Waals surface area (Å²) in [6.07, 6.45) is 5.74. The molecular formula is C14H24N4. The van der Waals surface area contributed by atoms with Gasteiger partial charge >= 0.3 is 0 Å². The molecule has 1 fully saturated rings. The third-order valence-electron chi connectivity index (χ3n) is 3.22. The highest BCUT2D eigenvalue weighted by Crippen LogP contribution is 2.21. The summed E-state index contributed by atoms with van der Waals surface area (Å²) in [5, 5.41) is 3.38. The van der Waals surface area contributed by atoms with Gasteiger partial charge in [-0.3, -0.25) is 0 Å². The number of nitrogens with zero attached hydrogens (tertiary/aromatic N) is 3. The standard InChI is InChI=1S/C14H24N4/c1-3-7-12-16-13(15-8-4-2)11-14(17-12)18-9-5-6-10-18/h11H,3-10H2,1-2H3,(H,15,16,17). The smallest absolute Gasteiger partial charge is 0.134 e. The molecule has 1 aliphatic heterocycles. The van der Waals surface area contributed by atoms with Crippen LogP contribution in [0.1, 0.15) is 45.4 Å². The van der Waals surface area contributed by atoms with E-state index in [2.05, 4.69) is 40.1 Å². The first kappa shape index (κ1) is 13.1. The molecule has 1 aromatic heterocycles. The van der Waals surface area contributed by atoms with Gasteiger partial charge in [-0.15, -0.1) is 0 Å². The molecule has 1 aliphatic rings. The zero-order chi connectivity index (χ0) is 12.8. The van der Waals surface area contributed by atoms with Crippen molar-refractivity contribution in [3.8, 4) is 0 Å². The summed E-state index contributed by atoms with van der Waals surface area (Å²) in [6.45, 7) is 7.58. The summed E-state index contributed by atoms with van der Waals surface area (Å²) >= 11 is 0. The summed E-state index contributed by atoms with van der Waals surface area (Å²) in [5.74, 6) is 3.06. The van der Waals surface area contributed by atoms with E-state index in [1.54, 1.807) is 0 Å². The van der Waals surface area contributed by atoms with Crippen molar-refractivity contribution in [1.29, 1.82) is 0 Å². The second kappa shape index (κ2) is 6.57. The van der Waals surface area contributed by atoms with Crippen molar-refractivity contribution in [1.82, 2.24) is 9.97 Å². The van der Waals surface area contributed by atoms with Crippen LogP contribution in [-0.4, -0.2) is 29.6 Å². The molecule has 1 saturated heterocycles. The lowest BCUT2D eigenvalue weighted by Crippen LogP contribution is -2.20. The van der Waals surface area contributed by atoms with Crippen molar-refractivity contribution >= 4 is 11.6 Å². The van der Waals surface area contributed by atoms with E-state index < -0.39 is 0 Å². The molecule has 2 heterocycles. The van der Waals surface area contributed by atoms with Gasteiger partial charge in [0, 0.05) is 32.1 Å². The maximum absolute atomic E-state index is 4.69. The molecule has 0 atom stereocenters. The van der Waals surface area contributed by atoms with Gasteiger partial charge in [-0.05, 0) is 25.7 Å². The normalized spacial score (nSPS) is 15.1. The number of aromatic nitrogens is 2. The van der Waals surface area contributed by atoms with Crippen LogP contribution in [0.25, 0.3) is 0 Å². The van der Waals surface area contributed by atoms with Gasteiger partial charge in [-0.25, -0.2) is 9.97 Å². The van der Waals surface area contributed by atoms with Crippen LogP contribution in [0.2, 0.25) is 0 Å². The average Bonchev–Trinajstić information content (AvgIpc) is 2.90. The molecule has 1 N–H and O–H groups in total. The fourth-order valence-electron chi connectivity index (χ4n) is 2.27. The molecule has 0 unspecified atom stereocenters. The average molecular weight is 248 g/mol. The number of hydrogen-bond acceptors (Lipinski definition) is 4. The monoisotopic (exact) mass is 248 g/mol. The number of rotatable bonds is 6. The zero-order valence-electron chi connectivity index (χ0n) is 11.6. The largest absolute Gasteiger partial charge is 0.370 e. The van der Waals surface area contributed by atoms with E-state index in [1.165, 1.54) is 12.8 Å². The van der Waals surface area contributed by atoms with Crippen LogP contribution in [0.3, 0.4) is 0 Å². The summed E-state index contributed by atoms with van der Waals surface area (Å²) in [5.41, 5.74) is 0. The lowest BCUT2D eigenvalue weighted by molar-refractivity contribution is 0.816. The molecule has 0 radical (unpaired) electrons. The van der Waals surface area contributed by atoms with Crippen LogP contribution < -0.4 is 10.2 Å². The Morgan fingerprint density at radius 2 is 1.94 bits per heavy atom. The predicted octanol–water partition coefficient (Wildman–Crippen LogP) is 2.85. The maximum atomic E-state index is 4.69. The molecule has 0 saturated carbocycles. The van der Waals surface area contributed by atoms with Crippen molar-refractivity contribution < 1.29 is 0 Å². The van der Waals surface area contributed by atoms with Crippen LogP contribution in [0.5, 0.6) is 0 Å². The van der Waals surface area contributed by atoms with Gasteiger partial charge < -0.3 is 10.2 Å². The molecule has 0 bridgehead atoms. The second-order valence-electron chi connectivity index (χ2n) is 4.90. The van der Waals surface area contributed by atoms with Crippen LogP contribution in [-0.2, 0) is 6.42 Å². The van der Waals surface area contributed by atoms with Crippen molar-refractivity contribution in [2.24, 2.45) is 0 Å². The molecule has 100 valence electrons. The quantitative estimate of drug-likeness (QED) is 0.840. The molecule has 0 aromatic carbocycles.